The van der Waals surface area contributed by atoms with Crippen molar-refractivity contribution < 1.29 is 13.2 Å². The van der Waals surface area contributed by atoms with E-state index in [1.54, 1.807) is 18.2 Å². The number of sulfonamides is 1. The number of nitrogens with one attached hydrogen (secondary N) is 2. The highest BCUT2D eigenvalue weighted by atomic mass is 32.2. The summed E-state index contributed by atoms with van der Waals surface area (Å²) in [6.07, 6.45) is 1.45. The van der Waals surface area contributed by atoms with E-state index in [-0.39, 0.29) is 22.9 Å². The Morgan fingerprint density at radius 1 is 1.19 bits per heavy atom. The number of carbonyl (C=O) groups is 1. The summed E-state index contributed by atoms with van der Waals surface area (Å²) in [4.78, 5) is 14.6. The van der Waals surface area contributed by atoms with Gasteiger partial charge in [-0.1, -0.05) is 18.2 Å². The molecule has 0 unspecified atom stereocenters. The predicted molar refractivity (Wildman–Crippen MR) is 105 cm³/mol. The monoisotopic (exact) mass is 373 g/mol. The molecule has 7 heteroatoms. The van der Waals surface area contributed by atoms with E-state index in [1.165, 1.54) is 18.2 Å². The third-order valence-corrected chi connectivity index (χ3v) is 5.26. The molecule has 138 valence electrons. The first-order chi connectivity index (χ1) is 12.4. The van der Waals surface area contributed by atoms with Crippen molar-refractivity contribution in [3.63, 3.8) is 0 Å². The molecule has 0 spiro atoms. The molecule has 0 bridgehead atoms. The van der Waals surface area contributed by atoms with E-state index in [9.17, 15) is 13.2 Å². The Kier molecular flexibility index (Phi) is 6.54. The van der Waals surface area contributed by atoms with Crippen molar-refractivity contribution in [3.05, 3.63) is 66.7 Å². The fourth-order valence-electron chi connectivity index (χ4n) is 2.26. The summed E-state index contributed by atoms with van der Waals surface area (Å²) in [5.41, 5.74) is 1.89. The summed E-state index contributed by atoms with van der Waals surface area (Å²) in [7, 11) is -1.72. The average Bonchev–Trinajstić information content (AvgIpc) is 2.66. The molecule has 1 amide bonds. The summed E-state index contributed by atoms with van der Waals surface area (Å²) in [6.45, 7) is 6.48. The average molecular weight is 373 g/mol. The molecule has 2 N–H and O–H groups in total. The van der Waals surface area contributed by atoms with E-state index in [4.69, 9.17) is 0 Å². The van der Waals surface area contributed by atoms with Crippen LogP contribution in [-0.4, -0.2) is 34.5 Å². The molecule has 0 aliphatic carbocycles. The lowest BCUT2D eigenvalue weighted by Crippen LogP contribution is -2.24. The van der Waals surface area contributed by atoms with Gasteiger partial charge in [0.05, 0.1) is 4.90 Å². The van der Waals surface area contributed by atoms with Crippen LogP contribution in [0, 0.1) is 0 Å². The van der Waals surface area contributed by atoms with E-state index in [1.807, 2.05) is 37.1 Å². The van der Waals surface area contributed by atoms with Crippen LogP contribution in [0.15, 0.2) is 66.1 Å². The molecule has 2 aromatic carbocycles. The number of rotatable bonds is 8. The summed E-state index contributed by atoms with van der Waals surface area (Å²) < 4.78 is 26.7. The zero-order chi connectivity index (χ0) is 19.2. The lowest BCUT2D eigenvalue weighted by molar-refractivity contribution is 0.102. The van der Waals surface area contributed by atoms with Crippen LogP contribution in [0.2, 0.25) is 0 Å². The van der Waals surface area contributed by atoms with Crippen LogP contribution in [-0.2, 0) is 10.0 Å². The molecule has 6 nitrogen and oxygen atoms in total. The van der Waals surface area contributed by atoms with Gasteiger partial charge in [0, 0.05) is 37.1 Å². The van der Waals surface area contributed by atoms with Gasteiger partial charge in [0.1, 0.15) is 0 Å². The second kappa shape index (κ2) is 8.64. The first-order valence-corrected chi connectivity index (χ1v) is 9.69. The van der Waals surface area contributed by atoms with Gasteiger partial charge in [0.2, 0.25) is 10.0 Å². The standard InChI is InChI=1S/C19H23N3O3S/c1-4-12-20-26(24,25)18-11-6-8-15(13-18)19(23)21-16-9-7-10-17(14-16)22(3)5-2/h4,6-11,13-14,20H,1,5,12H2,2-3H3,(H,21,23). The Labute approximate surface area is 154 Å². The zero-order valence-electron chi connectivity index (χ0n) is 14.9. The third-order valence-electron chi connectivity index (χ3n) is 3.84. The summed E-state index contributed by atoms with van der Waals surface area (Å²) in [5.74, 6) is -0.373. The lowest BCUT2D eigenvalue weighted by atomic mass is 10.2. The maximum atomic E-state index is 12.5. The van der Waals surface area contributed by atoms with Gasteiger partial charge in [-0.15, -0.1) is 6.58 Å². The molecule has 0 saturated carbocycles. The topological polar surface area (TPSA) is 78.5 Å². The zero-order valence-corrected chi connectivity index (χ0v) is 15.7. The number of carbonyl (C=O) groups excluding carboxylic acids is 1. The van der Waals surface area contributed by atoms with Crippen molar-refractivity contribution in [2.75, 3.05) is 30.4 Å². The second-order valence-electron chi connectivity index (χ2n) is 5.69. The second-order valence-corrected chi connectivity index (χ2v) is 7.45. The quantitative estimate of drug-likeness (QED) is 0.698. The van der Waals surface area contributed by atoms with Crippen molar-refractivity contribution in [2.45, 2.75) is 11.8 Å². The number of anilines is 2. The first-order valence-electron chi connectivity index (χ1n) is 8.20. The molecule has 0 aromatic heterocycles. The number of nitrogens with zero attached hydrogens (tertiary/aromatic N) is 1. The number of amides is 1. The van der Waals surface area contributed by atoms with E-state index >= 15 is 0 Å². The van der Waals surface area contributed by atoms with Gasteiger partial charge in [-0.05, 0) is 43.3 Å². The molecule has 0 saturated heterocycles. The highest BCUT2D eigenvalue weighted by molar-refractivity contribution is 7.89. The maximum Gasteiger partial charge on any atom is 0.255 e. The molecule has 0 aliphatic heterocycles. The van der Waals surface area contributed by atoms with Gasteiger partial charge >= 0.3 is 0 Å². The summed E-state index contributed by atoms with van der Waals surface area (Å²) >= 11 is 0. The van der Waals surface area contributed by atoms with E-state index < -0.39 is 10.0 Å². The molecule has 26 heavy (non-hydrogen) atoms. The third kappa shape index (κ3) is 4.93. The fourth-order valence-corrected chi connectivity index (χ4v) is 3.31. The Hall–Kier alpha value is -2.64. The van der Waals surface area contributed by atoms with Gasteiger partial charge in [0.25, 0.3) is 5.91 Å². The lowest BCUT2D eigenvalue weighted by Gasteiger charge is -2.17. The van der Waals surface area contributed by atoms with Crippen molar-refractivity contribution in [1.82, 2.24) is 4.72 Å². The number of hydrogen-bond acceptors (Lipinski definition) is 4. The normalized spacial score (nSPS) is 11.0. The molecular formula is C19H23N3O3S. The molecule has 0 radical (unpaired) electrons. The highest BCUT2D eigenvalue weighted by Gasteiger charge is 2.15. The summed E-state index contributed by atoms with van der Waals surface area (Å²) in [6, 6.07) is 13.4. The molecular weight excluding hydrogens is 350 g/mol. The van der Waals surface area contributed by atoms with Crippen molar-refractivity contribution >= 4 is 27.3 Å². The fraction of sp³-hybridized carbons (Fsp3) is 0.211. The predicted octanol–water partition coefficient (Wildman–Crippen LogP) is 2.86. The molecule has 2 rings (SSSR count). The smallest absolute Gasteiger partial charge is 0.255 e. The summed E-state index contributed by atoms with van der Waals surface area (Å²) in [5, 5.41) is 2.80. The maximum absolute atomic E-state index is 12.5. The van der Waals surface area contributed by atoms with E-state index in [0.717, 1.165) is 12.2 Å². The minimum atomic E-state index is -3.68. The van der Waals surface area contributed by atoms with Gasteiger partial charge in [0.15, 0.2) is 0 Å². The van der Waals surface area contributed by atoms with Crippen LogP contribution >= 0.6 is 0 Å². The largest absolute Gasteiger partial charge is 0.375 e. The Morgan fingerprint density at radius 3 is 2.62 bits per heavy atom. The van der Waals surface area contributed by atoms with Crippen LogP contribution in [0.3, 0.4) is 0 Å². The minimum Gasteiger partial charge on any atom is -0.375 e. The number of benzene rings is 2. The molecule has 2 aromatic rings. The first kappa shape index (κ1) is 19.7. The Bertz CT molecular complexity index is 894. The molecule has 0 heterocycles. The van der Waals surface area contributed by atoms with Gasteiger partial charge in [-0.3, -0.25) is 4.79 Å². The van der Waals surface area contributed by atoms with Crippen molar-refractivity contribution in [1.29, 1.82) is 0 Å². The minimum absolute atomic E-state index is 0.0338. The van der Waals surface area contributed by atoms with Gasteiger partial charge < -0.3 is 10.2 Å². The van der Waals surface area contributed by atoms with Crippen molar-refractivity contribution in [2.24, 2.45) is 0 Å². The van der Waals surface area contributed by atoms with Crippen LogP contribution in [0.4, 0.5) is 11.4 Å². The van der Waals surface area contributed by atoms with Crippen LogP contribution in [0.25, 0.3) is 0 Å². The number of hydrogen-bond donors (Lipinski definition) is 2. The van der Waals surface area contributed by atoms with E-state index in [2.05, 4.69) is 16.6 Å². The Morgan fingerprint density at radius 2 is 1.92 bits per heavy atom. The van der Waals surface area contributed by atoms with Gasteiger partial charge in [-0.2, -0.15) is 0 Å². The van der Waals surface area contributed by atoms with Crippen molar-refractivity contribution in [3.8, 4) is 0 Å². The van der Waals surface area contributed by atoms with Crippen LogP contribution in [0.1, 0.15) is 17.3 Å². The molecule has 0 fully saturated rings. The van der Waals surface area contributed by atoms with Crippen LogP contribution in [0.5, 0.6) is 0 Å². The highest BCUT2D eigenvalue weighted by Crippen LogP contribution is 2.19. The Balaban J connectivity index is 2.21. The molecule has 0 aliphatic rings. The molecule has 0 atom stereocenters. The van der Waals surface area contributed by atoms with Gasteiger partial charge in [-0.25, -0.2) is 13.1 Å². The van der Waals surface area contributed by atoms with E-state index in [0.29, 0.717) is 5.69 Å². The van der Waals surface area contributed by atoms with Crippen LogP contribution < -0.4 is 14.9 Å². The SMILES string of the molecule is C=CCNS(=O)(=O)c1cccc(C(=O)Nc2cccc(N(C)CC)c2)c1.